The van der Waals surface area contributed by atoms with Gasteiger partial charge in [-0.05, 0) is 12.1 Å². The molecule has 1 heterocycles. The highest BCUT2D eigenvalue weighted by Crippen LogP contribution is 2.38. The van der Waals surface area contributed by atoms with Gasteiger partial charge in [0.25, 0.3) is 0 Å². The van der Waals surface area contributed by atoms with E-state index in [2.05, 4.69) is 6.07 Å². The molecule has 3 rings (SSSR count). The first-order chi connectivity index (χ1) is 7.81. The van der Waals surface area contributed by atoms with Crippen molar-refractivity contribution in [2.24, 2.45) is 0 Å². The van der Waals surface area contributed by atoms with Gasteiger partial charge in [0.1, 0.15) is 6.07 Å². The molecule has 2 nitrogen and oxygen atoms in total. The zero-order valence-electron chi connectivity index (χ0n) is 8.40. The minimum Gasteiger partial charge on any atom is -0.398 e. The molecule has 0 aliphatic carbocycles. The Bertz CT molecular complexity index is 735. The van der Waals surface area contributed by atoms with Gasteiger partial charge in [-0.3, -0.25) is 0 Å². The molecule has 16 heavy (non-hydrogen) atoms. The number of nitrogen functional groups attached to an aromatic ring is 1. The van der Waals surface area contributed by atoms with Gasteiger partial charge >= 0.3 is 0 Å². The number of thiophene rings is 1. The van der Waals surface area contributed by atoms with E-state index in [1.54, 1.807) is 11.3 Å². The third-order valence-corrected chi connectivity index (χ3v) is 3.98. The maximum absolute atomic E-state index is 9.06. The Morgan fingerprint density at radius 2 is 1.69 bits per heavy atom. The van der Waals surface area contributed by atoms with Crippen LogP contribution in [0.25, 0.3) is 20.2 Å². The van der Waals surface area contributed by atoms with Crippen LogP contribution in [0.1, 0.15) is 5.56 Å². The van der Waals surface area contributed by atoms with Crippen LogP contribution >= 0.6 is 11.3 Å². The van der Waals surface area contributed by atoms with Crippen LogP contribution in [0.2, 0.25) is 0 Å². The minimum atomic E-state index is 0.720. The molecule has 0 amide bonds. The maximum Gasteiger partial charge on any atom is 0.101 e. The summed E-state index contributed by atoms with van der Waals surface area (Å²) in [5.74, 6) is 0. The summed E-state index contributed by atoms with van der Waals surface area (Å²) in [5.41, 5.74) is 7.44. The molecule has 0 bridgehead atoms. The summed E-state index contributed by atoms with van der Waals surface area (Å²) >= 11 is 1.59. The second-order valence-electron chi connectivity index (χ2n) is 3.62. The molecule has 2 N–H and O–H groups in total. The van der Waals surface area contributed by atoms with Crippen molar-refractivity contribution in [3.8, 4) is 6.07 Å². The predicted octanol–water partition coefficient (Wildman–Crippen LogP) is 3.51. The zero-order valence-corrected chi connectivity index (χ0v) is 9.21. The molecule has 0 atom stereocenters. The van der Waals surface area contributed by atoms with Gasteiger partial charge in [-0.25, -0.2) is 0 Å². The number of hydrogen-bond acceptors (Lipinski definition) is 3. The lowest BCUT2D eigenvalue weighted by Gasteiger charge is -1.94. The monoisotopic (exact) mass is 224 g/mol. The second-order valence-corrected chi connectivity index (χ2v) is 4.64. The Morgan fingerprint density at radius 3 is 2.44 bits per heavy atom. The molecule has 0 saturated carbocycles. The van der Waals surface area contributed by atoms with Crippen molar-refractivity contribution in [2.75, 3.05) is 5.73 Å². The molecule has 3 heteroatoms. The number of nitrogens with zero attached hydrogens (tertiary/aromatic N) is 1. The Balaban J connectivity index is 2.61. The van der Waals surface area contributed by atoms with E-state index in [1.807, 2.05) is 36.4 Å². The number of hydrogen-bond donors (Lipinski definition) is 1. The van der Waals surface area contributed by atoms with Crippen LogP contribution in [0, 0.1) is 11.3 Å². The van der Waals surface area contributed by atoms with Crippen molar-refractivity contribution in [1.82, 2.24) is 0 Å². The molecular formula is C13H8N2S. The number of nitrogens with two attached hydrogens (primary N) is 1. The van der Waals surface area contributed by atoms with Crippen LogP contribution in [0.3, 0.4) is 0 Å². The van der Waals surface area contributed by atoms with E-state index in [-0.39, 0.29) is 0 Å². The Morgan fingerprint density at radius 1 is 1.00 bits per heavy atom. The van der Waals surface area contributed by atoms with Gasteiger partial charge in [0.05, 0.1) is 15.0 Å². The van der Waals surface area contributed by atoms with Gasteiger partial charge in [-0.2, -0.15) is 5.26 Å². The molecule has 1 aromatic heterocycles. The summed E-state index contributed by atoms with van der Waals surface area (Å²) in [7, 11) is 0. The smallest absolute Gasteiger partial charge is 0.101 e. The summed E-state index contributed by atoms with van der Waals surface area (Å²) < 4.78 is 2.10. The fourth-order valence-corrected chi connectivity index (χ4v) is 3.12. The number of fused-ring (bicyclic) bond motifs is 3. The van der Waals surface area contributed by atoms with E-state index >= 15 is 0 Å². The van der Waals surface area contributed by atoms with Gasteiger partial charge in [0, 0.05) is 16.5 Å². The molecule has 0 aliphatic rings. The van der Waals surface area contributed by atoms with Crippen molar-refractivity contribution in [3.63, 3.8) is 0 Å². The quantitative estimate of drug-likeness (QED) is 0.594. The van der Waals surface area contributed by atoms with E-state index in [9.17, 15) is 0 Å². The number of benzene rings is 2. The van der Waals surface area contributed by atoms with Crippen LogP contribution in [-0.4, -0.2) is 0 Å². The third-order valence-electron chi connectivity index (χ3n) is 2.68. The Hall–Kier alpha value is -2.05. The average Bonchev–Trinajstić information content (AvgIpc) is 2.69. The van der Waals surface area contributed by atoms with Gasteiger partial charge in [-0.15, -0.1) is 11.3 Å². The Labute approximate surface area is 96.5 Å². The first-order valence-corrected chi connectivity index (χ1v) is 5.73. The van der Waals surface area contributed by atoms with Gasteiger partial charge in [0.15, 0.2) is 0 Å². The molecule has 2 aromatic carbocycles. The fourth-order valence-electron chi connectivity index (χ4n) is 1.93. The number of rotatable bonds is 0. The lowest BCUT2D eigenvalue weighted by molar-refractivity contribution is 1.51. The molecule has 3 aromatic rings. The molecule has 0 radical (unpaired) electrons. The highest BCUT2D eigenvalue weighted by molar-refractivity contribution is 7.26. The standard InChI is InChI=1S/C13H8N2S/c14-7-8-3-1-4-9-10-5-2-6-11(15)13(10)16-12(8)9/h1-6H,15H2. The molecule has 0 aliphatic heterocycles. The average molecular weight is 224 g/mol. The minimum absolute atomic E-state index is 0.720. The highest BCUT2D eigenvalue weighted by atomic mass is 32.1. The van der Waals surface area contributed by atoms with Crippen LogP contribution in [0.15, 0.2) is 36.4 Å². The number of nitriles is 1. The topological polar surface area (TPSA) is 49.8 Å². The molecule has 0 unspecified atom stereocenters. The van der Waals surface area contributed by atoms with Crippen LogP contribution < -0.4 is 5.73 Å². The van der Waals surface area contributed by atoms with Gasteiger partial charge < -0.3 is 5.73 Å². The predicted molar refractivity (Wildman–Crippen MR) is 68.5 cm³/mol. The lowest BCUT2D eigenvalue weighted by Crippen LogP contribution is -1.81. The van der Waals surface area contributed by atoms with E-state index in [0.29, 0.717) is 0 Å². The molecule has 76 valence electrons. The highest BCUT2D eigenvalue weighted by Gasteiger charge is 2.09. The molecular weight excluding hydrogens is 216 g/mol. The SMILES string of the molecule is N#Cc1cccc2c1sc1c(N)cccc12. The van der Waals surface area contributed by atoms with Crippen molar-refractivity contribution in [3.05, 3.63) is 42.0 Å². The molecule has 0 saturated heterocycles. The summed E-state index contributed by atoms with van der Waals surface area (Å²) in [6.07, 6.45) is 0. The maximum atomic E-state index is 9.06. The van der Waals surface area contributed by atoms with E-state index in [1.165, 1.54) is 0 Å². The van der Waals surface area contributed by atoms with Crippen LogP contribution in [-0.2, 0) is 0 Å². The Kier molecular flexibility index (Phi) is 1.85. The third kappa shape index (κ3) is 1.11. The van der Waals surface area contributed by atoms with Crippen molar-refractivity contribution in [1.29, 1.82) is 5.26 Å². The first-order valence-electron chi connectivity index (χ1n) is 4.91. The van der Waals surface area contributed by atoms with Crippen LogP contribution in [0.5, 0.6) is 0 Å². The zero-order chi connectivity index (χ0) is 11.1. The second kappa shape index (κ2) is 3.22. The van der Waals surface area contributed by atoms with Gasteiger partial charge in [-0.1, -0.05) is 24.3 Å². The fraction of sp³-hybridized carbons (Fsp3) is 0. The molecule has 0 spiro atoms. The molecule has 0 fully saturated rings. The first kappa shape index (κ1) is 9.20. The summed E-state index contributed by atoms with van der Waals surface area (Å²) in [5, 5.41) is 11.3. The summed E-state index contributed by atoms with van der Waals surface area (Å²) in [6.45, 7) is 0. The number of anilines is 1. The van der Waals surface area contributed by atoms with Crippen molar-refractivity contribution < 1.29 is 0 Å². The van der Waals surface area contributed by atoms with Gasteiger partial charge in [0.2, 0.25) is 0 Å². The van der Waals surface area contributed by atoms with Crippen molar-refractivity contribution in [2.45, 2.75) is 0 Å². The van der Waals surface area contributed by atoms with Crippen molar-refractivity contribution >= 4 is 37.2 Å². The van der Waals surface area contributed by atoms with E-state index in [0.717, 1.165) is 31.4 Å². The van der Waals surface area contributed by atoms with Crippen LogP contribution in [0.4, 0.5) is 5.69 Å². The van der Waals surface area contributed by atoms with E-state index < -0.39 is 0 Å². The van der Waals surface area contributed by atoms with E-state index in [4.69, 9.17) is 11.0 Å². The summed E-state index contributed by atoms with van der Waals surface area (Å²) in [6, 6.07) is 13.9. The lowest BCUT2D eigenvalue weighted by atomic mass is 10.1. The summed E-state index contributed by atoms with van der Waals surface area (Å²) in [4.78, 5) is 0. The largest absolute Gasteiger partial charge is 0.398 e. The normalized spacial score (nSPS) is 10.7.